The summed E-state index contributed by atoms with van der Waals surface area (Å²) in [5.74, 6) is 1.83. The first kappa shape index (κ1) is 18.1. The third-order valence-corrected chi connectivity index (χ3v) is 7.48. The van der Waals surface area contributed by atoms with Gasteiger partial charge in [0.15, 0.2) is 0 Å². The molecule has 0 N–H and O–H groups in total. The molecule has 4 fully saturated rings. The van der Waals surface area contributed by atoms with E-state index in [0.29, 0.717) is 35.2 Å². The van der Waals surface area contributed by atoms with Crippen molar-refractivity contribution in [1.29, 1.82) is 0 Å². The molecule has 6 nitrogen and oxygen atoms in total. The molecule has 3 atom stereocenters. The Morgan fingerprint density at radius 2 is 1.88 bits per heavy atom. The fraction of sp³-hybridized carbons (Fsp3) is 0.900. The highest BCUT2D eigenvalue weighted by atomic mass is 16.5. The first-order chi connectivity index (χ1) is 12.4. The highest BCUT2D eigenvalue weighted by molar-refractivity contribution is 5.83. The minimum absolute atomic E-state index is 0.181. The Balaban J connectivity index is 1.25. The van der Waals surface area contributed by atoms with Gasteiger partial charge in [0, 0.05) is 50.7 Å². The van der Waals surface area contributed by atoms with E-state index in [1.807, 2.05) is 9.80 Å². The molecule has 0 unspecified atom stereocenters. The number of piperidine rings is 1. The Morgan fingerprint density at radius 3 is 2.42 bits per heavy atom. The van der Waals surface area contributed by atoms with Crippen molar-refractivity contribution in [2.75, 3.05) is 39.8 Å². The summed E-state index contributed by atoms with van der Waals surface area (Å²) in [5.41, 5.74) is 0.331. The fourth-order valence-corrected chi connectivity index (χ4v) is 5.94. The monoisotopic (exact) mass is 363 g/mol. The first-order valence-corrected chi connectivity index (χ1v) is 10.3. The molecule has 1 spiro atoms. The second-order valence-corrected chi connectivity index (χ2v) is 9.23. The largest absolute Gasteiger partial charge is 0.453 e. The van der Waals surface area contributed by atoms with Crippen molar-refractivity contribution >= 4 is 12.0 Å². The van der Waals surface area contributed by atoms with Crippen LogP contribution in [0.5, 0.6) is 0 Å². The molecule has 26 heavy (non-hydrogen) atoms. The van der Waals surface area contributed by atoms with Gasteiger partial charge in [-0.3, -0.25) is 9.69 Å². The number of methoxy groups -OCH3 is 1. The molecule has 4 rings (SSSR count). The maximum atomic E-state index is 12.7. The van der Waals surface area contributed by atoms with Crippen molar-refractivity contribution in [3.05, 3.63) is 0 Å². The van der Waals surface area contributed by atoms with Gasteiger partial charge >= 0.3 is 6.09 Å². The van der Waals surface area contributed by atoms with Crippen LogP contribution >= 0.6 is 0 Å². The van der Waals surface area contributed by atoms with Crippen molar-refractivity contribution in [2.45, 2.75) is 52.1 Å². The molecule has 2 aliphatic heterocycles. The summed E-state index contributed by atoms with van der Waals surface area (Å²) in [5, 5.41) is 0. The highest BCUT2D eigenvalue weighted by Gasteiger charge is 2.62. The van der Waals surface area contributed by atoms with Gasteiger partial charge in [-0.2, -0.15) is 0 Å². The normalized spacial score (nSPS) is 38.4. The topological polar surface area (TPSA) is 53.1 Å². The van der Waals surface area contributed by atoms with Crippen molar-refractivity contribution in [2.24, 2.45) is 23.2 Å². The van der Waals surface area contributed by atoms with E-state index in [4.69, 9.17) is 4.74 Å². The van der Waals surface area contributed by atoms with E-state index in [1.54, 1.807) is 0 Å². The summed E-state index contributed by atoms with van der Waals surface area (Å²) in [6, 6.07) is 0.958. The molecule has 146 valence electrons. The summed E-state index contributed by atoms with van der Waals surface area (Å²) in [6.07, 6.45) is 3.33. The third kappa shape index (κ3) is 2.81. The third-order valence-electron chi connectivity index (χ3n) is 7.48. The van der Waals surface area contributed by atoms with Crippen LogP contribution in [0.3, 0.4) is 0 Å². The Bertz CT molecular complexity index is 575. The van der Waals surface area contributed by atoms with Crippen LogP contribution in [0.1, 0.15) is 40.0 Å². The molecule has 0 aromatic heterocycles. The van der Waals surface area contributed by atoms with Gasteiger partial charge in [-0.05, 0) is 57.3 Å². The van der Waals surface area contributed by atoms with Gasteiger partial charge in [0.2, 0.25) is 5.91 Å². The number of likely N-dealkylation sites (tertiary alicyclic amines) is 2. The van der Waals surface area contributed by atoms with Crippen molar-refractivity contribution < 1.29 is 14.3 Å². The number of ether oxygens (including phenoxy) is 1. The maximum absolute atomic E-state index is 12.7. The average molecular weight is 364 g/mol. The molecule has 2 aliphatic carbocycles. The number of fused-ring (bicyclic) bond motifs is 1. The zero-order valence-corrected chi connectivity index (χ0v) is 16.6. The quantitative estimate of drug-likeness (QED) is 0.767. The fourth-order valence-electron chi connectivity index (χ4n) is 5.94. The van der Waals surface area contributed by atoms with Crippen LogP contribution in [-0.4, -0.2) is 78.6 Å². The average Bonchev–Trinajstić information content (AvgIpc) is 2.95. The number of hydrogen-bond acceptors (Lipinski definition) is 4. The molecule has 0 aromatic rings. The summed E-state index contributed by atoms with van der Waals surface area (Å²) < 4.78 is 4.86. The molecule has 2 saturated carbocycles. The maximum Gasteiger partial charge on any atom is 0.409 e. The second kappa shape index (κ2) is 6.39. The number of carbonyl (C=O) groups is 2. The number of amides is 2. The van der Waals surface area contributed by atoms with E-state index in [0.717, 1.165) is 39.1 Å². The number of carbonyl (C=O) groups excluding carboxylic acids is 2. The van der Waals surface area contributed by atoms with Crippen molar-refractivity contribution in [3.8, 4) is 0 Å². The van der Waals surface area contributed by atoms with Crippen LogP contribution in [0.4, 0.5) is 4.79 Å². The Morgan fingerprint density at radius 1 is 1.23 bits per heavy atom. The molecule has 2 saturated heterocycles. The number of hydrogen-bond donors (Lipinski definition) is 0. The van der Waals surface area contributed by atoms with E-state index in [9.17, 15) is 9.59 Å². The number of nitrogens with zero attached hydrogens (tertiary/aromatic N) is 3. The van der Waals surface area contributed by atoms with E-state index >= 15 is 0 Å². The van der Waals surface area contributed by atoms with Gasteiger partial charge in [-0.1, -0.05) is 0 Å². The smallest absolute Gasteiger partial charge is 0.409 e. The summed E-state index contributed by atoms with van der Waals surface area (Å²) >= 11 is 0. The van der Waals surface area contributed by atoms with Crippen molar-refractivity contribution in [3.63, 3.8) is 0 Å². The van der Waals surface area contributed by atoms with Gasteiger partial charge in [-0.15, -0.1) is 0 Å². The summed E-state index contributed by atoms with van der Waals surface area (Å²) in [6.45, 7) is 11.0. The lowest BCUT2D eigenvalue weighted by atomic mass is 9.64. The van der Waals surface area contributed by atoms with E-state index in [2.05, 4.69) is 25.7 Å². The molecular weight excluding hydrogens is 330 g/mol. The predicted octanol–water partition coefficient (Wildman–Crippen LogP) is 2.04. The zero-order valence-electron chi connectivity index (χ0n) is 16.6. The predicted molar refractivity (Wildman–Crippen MR) is 98.6 cm³/mol. The van der Waals surface area contributed by atoms with Crippen LogP contribution in [-0.2, 0) is 9.53 Å². The van der Waals surface area contributed by atoms with E-state index < -0.39 is 0 Å². The van der Waals surface area contributed by atoms with Crippen LogP contribution in [0.25, 0.3) is 0 Å². The summed E-state index contributed by atoms with van der Waals surface area (Å²) in [4.78, 5) is 31.0. The minimum atomic E-state index is -0.181. The molecule has 4 aliphatic rings. The minimum Gasteiger partial charge on any atom is -0.453 e. The standard InChI is InChI=1S/C20H33N3O3/c1-5-23(13(2)3)18(24)17-15-10-22(11-16(15)17)14-8-20(9-14)6-7-21(12-20)19(25)26-4/h13-17H,5-12H2,1-4H3/t14?,15-,16+,17-,20?. The van der Waals surface area contributed by atoms with Crippen molar-refractivity contribution in [1.82, 2.24) is 14.7 Å². The van der Waals surface area contributed by atoms with Gasteiger partial charge in [0.05, 0.1) is 7.11 Å². The van der Waals surface area contributed by atoms with E-state index in [-0.39, 0.29) is 12.0 Å². The van der Waals surface area contributed by atoms with Gasteiger partial charge in [0.1, 0.15) is 0 Å². The van der Waals surface area contributed by atoms with Gasteiger partial charge < -0.3 is 14.5 Å². The Kier molecular flexibility index (Phi) is 4.45. The highest BCUT2D eigenvalue weighted by Crippen LogP contribution is 2.57. The Labute approximate surface area is 156 Å². The molecular formula is C20H33N3O3. The van der Waals surface area contributed by atoms with Crippen LogP contribution in [0, 0.1) is 23.2 Å². The van der Waals surface area contributed by atoms with Gasteiger partial charge in [0.25, 0.3) is 0 Å². The van der Waals surface area contributed by atoms with Crippen LogP contribution in [0.2, 0.25) is 0 Å². The Hall–Kier alpha value is -1.30. The molecule has 2 amide bonds. The second-order valence-electron chi connectivity index (χ2n) is 9.23. The SMILES string of the molecule is CCN(C(=O)[C@@H]1[C@@H]2CN(C3CC4(CCN(C(=O)OC)C4)C3)C[C@@H]21)C(C)C. The summed E-state index contributed by atoms with van der Waals surface area (Å²) in [7, 11) is 1.46. The lowest BCUT2D eigenvalue weighted by Crippen LogP contribution is -2.52. The lowest BCUT2D eigenvalue weighted by Gasteiger charge is -2.49. The molecule has 0 radical (unpaired) electrons. The van der Waals surface area contributed by atoms with Crippen LogP contribution in [0.15, 0.2) is 0 Å². The first-order valence-electron chi connectivity index (χ1n) is 10.3. The number of rotatable bonds is 4. The molecule has 0 aromatic carbocycles. The van der Waals surface area contributed by atoms with E-state index in [1.165, 1.54) is 20.0 Å². The molecule has 2 heterocycles. The van der Waals surface area contributed by atoms with Gasteiger partial charge in [-0.25, -0.2) is 4.79 Å². The lowest BCUT2D eigenvalue weighted by molar-refractivity contribution is -0.135. The zero-order chi connectivity index (χ0) is 18.6. The molecule has 0 bridgehead atoms. The molecule has 6 heteroatoms. The van der Waals surface area contributed by atoms with Crippen LogP contribution < -0.4 is 0 Å².